The Labute approximate surface area is 224 Å². The molecule has 0 fully saturated rings. The van der Waals surface area contributed by atoms with Crippen molar-refractivity contribution in [1.82, 2.24) is 5.32 Å². The molecule has 0 amide bonds. The molecule has 0 bridgehead atoms. The van der Waals surface area contributed by atoms with Crippen molar-refractivity contribution >= 4 is 40.8 Å². The fourth-order valence-electron chi connectivity index (χ4n) is 3.46. The molecular weight excluding hydrogens is 503 g/mol. The van der Waals surface area contributed by atoms with E-state index in [-0.39, 0.29) is 18.4 Å². The van der Waals surface area contributed by atoms with E-state index in [2.05, 4.69) is 5.32 Å². The Kier molecular flexibility index (Phi) is 12.5. The Balaban J connectivity index is 1.94. The molecule has 0 aliphatic carbocycles. The smallest absolute Gasteiger partial charge is 0.322 e. The average molecular weight is 540 g/mol. The maximum absolute atomic E-state index is 12.3. The van der Waals surface area contributed by atoms with Gasteiger partial charge >= 0.3 is 11.9 Å². The molecule has 2 aromatic carbocycles. The molecule has 2 rings (SSSR count). The van der Waals surface area contributed by atoms with Crippen molar-refractivity contribution in [3.63, 3.8) is 0 Å². The Morgan fingerprint density at radius 2 is 1.75 bits per heavy atom. The highest BCUT2D eigenvalue weighted by molar-refractivity contribution is 6.42. The van der Waals surface area contributed by atoms with Crippen LogP contribution in [0.2, 0.25) is 10.0 Å². The van der Waals surface area contributed by atoms with Crippen molar-refractivity contribution in [2.45, 2.75) is 51.9 Å². The second-order valence-electron chi connectivity index (χ2n) is 9.28. The average Bonchev–Trinajstić information content (AvgIpc) is 2.83. The predicted octanol–water partition coefficient (Wildman–Crippen LogP) is 5.27. The Bertz CT molecular complexity index is 966. The summed E-state index contributed by atoms with van der Waals surface area (Å²) in [6.07, 6.45) is 0.662. The van der Waals surface area contributed by atoms with E-state index >= 15 is 0 Å². The number of benzene rings is 2. The number of ether oxygens (including phenoxy) is 3. The van der Waals surface area contributed by atoms with Crippen LogP contribution in [0.4, 0.5) is 5.69 Å². The van der Waals surface area contributed by atoms with Gasteiger partial charge in [0.1, 0.15) is 11.6 Å². The van der Waals surface area contributed by atoms with Crippen LogP contribution in [0.1, 0.15) is 39.2 Å². The van der Waals surface area contributed by atoms with E-state index in [4.69, 9.17) is 37.4 Å². The van der Waals surface area contributed by atoms with Crippen LogP contribution in [0, 0.1) is 0 Å². The molecular formula is C27H36Cl2N2O5. The van der Waals surface area contributed by atoms with Crippen LogP contribution in [0.3, 0.4) is 0 Å². The highest BCUT2D eigenvalue weighted by Crippen LogP contribution is 2.27. The number of nitrogens with zero attached hydrogens (tertiary/aromatic N) is 1. The molecule has 1 unspecified atom stereocenters. The largest absolute Gasteiger partial charge is 0.468 e. The number of carbonyl (C=O) groups excluding carboxylic acids is 2. The van der Waals surface area contributed by atoms with Crippen LogP contribution in [-0.2, 0) is 30.4 Å². The number of rotatable bonds is 14. The third-order valence-corrected chi connectivity index (χ3v) is 5.93. The summed E-state index contributed by atoms with van der Waals surface area (Å²) in [5.41, 5.74) is 1.33. The molecule has 0 aliphatic rings. The number of esters is 2. The second-order valence-corrected chi connectivity index (χ2v) is 10.1. The van der Waals surface area contributed by atoms with Gasteiger partial charge < -0.3 is 24.4 Å². The first kappa shape index (κ1) is 29.9. The van der Waals surface area contributed by atoms with Gasteiger partial charge in [-0.1, -0.05) is 53.5 Å². The number of carbonyl (C=O) groups is 2. The summed E-state index contributed by atoms with van der Waals surface area (Å²) >= 11 is 12.3. The summed E-state index contributed by atoms with van der Waals surface area (Å²) in [5.74, 6) is -0.642. The Morgan fingerprint density at radius 3 is 2.39 bits per heavy atom. The molecule has 0 saturated carbocycles. The monoisotopic (exact) mass is 538 g/mol. The normalized spacial score (nSPS) is 12.2. The molecule has 0 aromatic heterocycles. The molecule has 9 heteroatoms. The van der Waals surface area contributed by atoms with Gasteiger partial charge in [0.15, 0.2) is 0 Å². The minimum atomic E-state index is -0.552. The molecule has 198 valence electrons. The van der Waals surface area contributed by atoms with Gasteiger partial charge in [-0.2, -0.15) is 0 Å². The number of nitrogens with one attached hydrogen (secondary N) is 1. The Hall–Kier alpha value is -2.32. The van der Waals surface area contributed by atoms with E-state index in [1.165, 1.54) is 7.11 Å². The van der Waals surface area contributed by atoms with Gasteiger partial charge in [-0.25, -0.2) is 0 Å². The highest BCUT2D eigenvalue weighted by atomic mass is 35.5. The lowest BCUT2D eigenvalue weighted by Gasteiger charge is -2.27. The fraction of sp³-hybridized carbons (Fsp3) is 0.481. The zero-order valence-electron chi connectivity index (χ0n) is 21.4. The second kappa shape index (κ2) is 15.1. The summed E-state index contributed by atoms with van der Waals surface area (Å²) in [6, 6.07) is 14.7. The number of anilines is 1. The minimum Gasteiger partial charge on any atom is -0.468 e. The molecule has 0 radical (unpaired) electrons. The topological polar surface area (TPSA) is 77.1 Å². The van der Waals surface area contributed by atoms with Gasteiger partial charge in [0, 0.05) is 31.9 Å². The van der Waals surface area contributed by atoms with Gasteiger partial charge in [0.2, 0.25) is 0 Å². The number of methoxy groups -OCH3 is 1. The van der Waals surface area contributed by atoms with E-state index in [0.29, 0.717) is 49.3 Å². The number of hydrogen-bond acceptors (Lipinski definition) is 7. The predicted molar refractivity (Wildman–Crippen MR) is 144 cm³/mol. The van der Waals surface area contributed by atoms with E-state index in [1.807, 2.05) is 62.1 Å². The zero-order chi connectivity index (χ0) is 26.6. The lowest BCUT2D eigenvalue weighted by atomic mass is 10.2. The van der Waals surface area contributed by atoms with Crippen LogP contribution in [-0.4, -0.2) is 56.9 Å². The molecule has 1 atom stereocenters. The highest BCUT2D eigenvalue weighted by Gasteiger charge is 2.20. The van der Waals surface area contributed by atoms with E-state index in [9.17, 15) is 9.59 Å². The van der Waals surface area contributed by atoms with E-state index in [1.54, 1.807) is 12.1 Å². The van der Waals surface area contributed by atoms with Crippen molar-refractivity contribution in [3.8, 4) is 0 Å². The third-order valence-electron chi connectivity index (χ3n) is 5.19. The van der Waals surface area contributed by atoms with Crippen molar-refractivity contribution in [2.75, 3.05) is 38.3 Å². The van der Waals surface area contributed by atoms with Gasteiger partial charge in [0.25, 0.3) is 0 Å². The zero-order valence-corrected chi connectivity index (χ0v) is 22.9. The summed E-state index contributed by atoms with van der Waals surface area (Å²) in [7, 11) is 1.37. The molecule has 0 aliphatic heterocycles. The summed E-state index contributed by atoms with van der Waals surface area (Å²) in [4.78, 5) is 26.6. The standard InChI is InChI=1S/C27H36Cl2N2O5/c1-27(2,3)36-25(32)12-15-31(21-10-11-22(28)23(29)18-21)16-14-30-24(26(33)34-4)13-17-35-19-20-8-6-5-7-9-20/h5-11,18,24,30H,12-17,19H2,1-4H3. The molecule has 7 nitrogen and oxygen atoms in total. The first-order valence-electron chi connectivity index (χ1n) is 11.9. The van der Waals surface area contributed by atoms with E-state index < -0.39 is 11.6 Å². The van der Waals surface area contributed by atoms with Crippen molar-refractivity contribution < 1.29 is 23.8 Å². The van der Waals surface area contributed by atoms with Crippen LogP contribution in [0.15, 0.2) is 48.5 Å². The molecule has 2 aromatic rings. The maximum Gasteiger partial charge on any atom is 0.322 e. The van der Waals surface area contributed by atoms with Crippen LogP contribution >= 0.6 is 23.2 Å². The molecule has 1 N–H and O–H groups in total. The van der Waals surface area contributed by atoms with E-state index in [0.717, 1.165) is 11.3 Å². The van der Waals surface area contributed by atoms with Crippen molar-refractivity contribution in [1.29, 1.82) is 0 Å². The fourth-order valence-corrected chi connectivity index (χ4v) is 3.75. The minimum absolute atomic E-state index is 0.200. The molecule has 0 spiro atoms. The third kappa shape index (κ3) is 11.2. The maximum atomic E-state index is 12.3. The van der Waals surface area contributed by atoms with Crippen LogP contribution < -0.4 is 10.2 Å². The molecule has 0 saturated heterocycles. The summed E-state index contributed by atoms with van der Waals surface area (Å²) < 4.78 is 16.1. The summed E-state index contributed by atoms with van der Waals surface area (Å²) in [6.45, 7) is 7.78. The van der Waals surface area contributed by atoms with Gasteiger partial charge in [-0.05, 0) is 51.0 Å². The lowest BCUT2D eigenvalue weighted by Crippen LogP contribution is -2.43. The Morgan fingerprint density at radius 1 is 1.03 bits per heavy atom. The SMILES string of the molecule is COC(=O)C(CCOCc1ccccc1)NCCN(CCC(=O)OC(C)(C)C)c1ccc(Cl)c(Cl)c1. The molecule has 0 heterocycles. The first-order chi connectivity index (χ1) is 17.1. The first-order valence-corrected chi connectivity index (χ1v) is 12.7. The van der Waals surface area contributed by atoms with Gasteiger partial charge in [-0.15, -0.1) is 0 Å². The lowest BCUT2D eigenvalue weighted by molar-refractivity contribution is -0.154. The number of hydrogen-bond donors (Lipinski definition) is 1. The van der Waals surface area contributed by atoms with Crippen LogP contribution in [0.5, 0.6) is 0 Å². The van der Waals surface area contributed by atoms with Gasteiger partial charge in [0.05, 0.1) is 30.2 Å². The van der Waals surface area contributed by atoms with Crippen molar-refractivity contribution in [2.24, 2.45) is 0 Å². The summed E-state index contributed by atoms with van der Waals surface area (Å²) in [5, 5.41) is 4.12. The van der Waals surface area contributed by atoms with Crippen LogP contribution in [0.25, 0.3) is 0 Å². The molecule has 36 heavy (non-hydrogen) atoms. The number of halogens is 2. The van der Waals surface area contributed by atoms with Crippen molar-refractivity contribution in [3.05, 3.63) is 64.1 Å². The quantitative estimate of drug-likeness (QED) is 0.259. The van der Waals surface area contributed by atoms with Gasteiger partial charge in [-0.3, -0.25) is 9.59 Å².